The van der Waals surface area contributed by atoms with E-state index in [9.17, 15) is 0 Å². The van der Waals surface area contributed by atoms with Crippen LogP contribution in [0.4, 0.5) is 0 Å². The summed E-state index contributed by atoms with van der Waals surface area (Å²) in [5.74, 6) is 0. The summed E-state index contributed by atoms with van der Waals surface area (Å²) in [5.41, 5.74) is 0. The minimum absolute atomic E-state index is 0. The molecule has 0 aliphatic carbocycles. The van der Waals surface area contributed by atoms with Crippen molar-refractivity contribution < 1.29 is 0 Å². The molecule has 0 amide bonds. The number of aromatic nitrogens is 1. The van der Waals surface area contributed by atoms with E-state index in [0.717, 1.165) is 19.6 Å². The summed E-state index contributed by atoms with van der Waals surface area (Å²) in [6.07, 6.45) is 4.44. The Morgan fingerprint density at radius 3 is 3.06 bits per heavy atom. The van der Waals surface area contributed by atoms with E-state index in [4.69, 9.17) is 11.6 Å². The third-order valence-corrected chi connectivity index (χ3v) is 3.92. The van der Waals surface area contributed by atoms with Crippen LogP contribution in [0.1, 0.15) is 17.7 Å². The van der Waals surface area contributed by atoms with Crippen molar-refractivity contribution in [2.45, 2.75) is 25.4 Å². The van der Waals surface area contributed by atoms with Crippen LogP contribution in [0.15, 0.2) is 6.20 Å². The molecule has 0 bridgehead atoms. The Bertz CT molecular complexity index is 313. The van der Waals surface area contributed by atoms with Crippen LogP contribution < -0.4 is 5.32 Å². The largest absolute Gasteiger partial charge is 0.315 e. The van der Waals surface area contributed by atoms with Crippen LogP contribution in [0.2, 0.25) is 4.47 Å². The monoisotopic (exact) mass is 281 g/mol. The van der Waals surface area contributed by atoms with Gasteiger partial charge in [-0.1, -0.05) is 11.6 Å². The van der Waals surface area contributed by atoms with Gasteiger partial charge in [0.2, 0.25) is 0 Å². The van der Waals surface area contributed by atoms with Gasteiger partial charge in [0.05, 0.1) is 0 Å². The summed E-state index contributed by atoms with van der Waals surface area (Å²) in [4.78, 5) is 7.68. The minimum atomic E-state index is 0. The molecular formula is C10H17Cl2N3S. The van der Waals surface area contributed by atoms with Crippen LogP contribution >= 0.6 is 35.3 Å². The third-order valence-electron chi connectivity index (χ3n) is 2.82. The van der Waals surface area contributed by atoms with Crippen LogP contribution in [-0.2, 0) is 6.54 Å². The molecule has 6 heteroatoms. The summed E-state index contributed by atoms with van der Waals surface area (Å²) in [6.45, 7) is 3.22. The number of nitrogens with one attached hydrogen (secondary N) is 1. The highest BCUT2D eigenvalue weighted by Gasteiger charge is 2.18. The molecule has 1 unspecified atom stereocenters. The predicted octanol–water partition coefficient (Wildman–Crippen LogP) is 2.40. The van der Waals surface area contributed by atoms with Gasteiger partial charge < -0.3 is 5.32 Å². The van der Waals surface area contributed by atoms with Gasteiger partial charge in [-0.2, -0.15) is 0 Å². The first-order valence-electron chi connectivity index (χ1n) is 5.27. The molecule has 1 N–H and O–H groups in total. The van der Waals surface area contributed by atoms with Crippen molar-refractivity contribution in [3.05, 3.63) is 15.5 Å². The minimum Gasteiger partial charge on any atom is -0.315 e. The van der Waals surface area contributed by atoms with Crippen LogP contribution in [-0.4, -0.2) is 36.1 Å². The van der Waals surface area contributed by atoms with E-state index in [1.54, 1.807) is 11.3 Å². The Balaban J connectivity index is 0.00000128. The zero-order chi connectivity index (χ0) is 10.7. The van der Waals surface area contributed by atoms with Crippen molar-refractivity contribution in [3.8, 4) is 0 Å². The third kappa shape index (κ3) is 3.86. The lowest BCUT2D eigenvalue weighted by Gasteiger charge is -2.31. The number of rotatable bonds is 3. The van der Waals surface area contributed by atoms with Gasteiger partial charge >= 0.3 is 0 Å². The maximum atomic E-state index is 5.81. The average Bonchev–Trinajstić information content (AvgIpc) is 2.65. The lowest BCUT2D eigenvalue weighted by molar-refractivity contribution is 0.197. The highest BCUT2D eigenvalue weighted by Crippen LogP contribution is 2.20. The van der Waals surface area contributed by atoms with E-state index < -0.39 is 0 Å². The fourth-order valence-electron chi connectivity index (χ4n) is 1.94. The Morgan fingerprint density at radius 1 is 1.69 bits per heavy atom. The molecule has 16 heavy (non-hydrogen) atoms. The van der Waals surface area contributed by atoms with Crippen LogP contribution in [0, 0.1) is 0 Å². The number of hydrogen-bond donors (Lipinski definition) is 1. The molecule has 2 rings (SSSR count). The van der Waals surface area contributed by atoms with Gasteiger partial charge in [0.25, 0.3) is 0 Å². The Labute approximate surface area is 112 Å². The molecule has 3 nitrogen and oxygen atoms in total. The van der Waals surface area contributed by atoms with Crippen molar-refractivity contribution >= 4 is 35.3 Å². The zero-order valence-electron chi connectivity index (χ0n) is 9.28. The van der Waals surface area contributed by atoms with E-state index in [1.165, 1.54) is 17.7 Å². The topological polar surface area (TPSA) is 28.2 Å². The molecule has 0 saturated carbocycles. The van der Waals surface area contributed by atoms with E-state index in [0.29, 0.717) is 10.5 Å². The maximum absolute atomic E-state index is 5.81. The fourth-order valence-corrected chi connectivity index (χ4v) is 2.98. The molecule has 0 spiro atoms. The van der Waals surface area contributed by atoms with E-state index in [2.05, 4.69) is 22.2 Å². The van der Waals surface area contributed by atoms with Gasteiger partial charge in [0.15, 0.2) is 4.47 Å². The summed E-state index contributed by atoms with van der Waals surface area (Å²) in [7, 11) is 2.17. The molecule has 1 aromatic heterocycles. The SMILES string of the molecule is CN(Cc1cnc(Cl)s1)C1CCCNC1.Cl. The van der Waals surface area contributed by atoms with Crippen molar-refractivity contribution in [1.82, 2.24) is 15.2 Å². The van der Waals surface area contributed by atoms with E-state index >= 15 is 0 Å². The second-order valence-corrected chi connectivity index (χ2v) is 5.69. The summed E-state index contributed by atoms with van der Waals surface area (Å²) in [6, 6.07) is 0.652. The summed E-state index contributed by atoms with van der Waals surface area (Å²) in [5, 5.41) is 3.43. The molecule has 0 radical (unpaired) electrons. The average molecular weight is 282 g/mol. The first-order chi connectivity index (χ1) is 7.25. The second kappa shape index (κ2) is 6.77. The highest BCUT2D eigenvalue weighted by molar-refractivity contribution is 7.15. The number of halogens is 2. The predicted molar refractivity (Wildman–Crippen MR) is 71.7 cm³/mol. The summed E-state index contributed by atoms with van der Waals surface area (Å²) < 4.78 is 0.639. The Morgan fingerprint density at radius 2 is 2.50 bits per heavy atom. The van der Waals surface area contributed by atoms with Gasteiger partial charge in [0, 0.05) is 30.2 Å². The van der Waals surface area contributed by atoms with E-state index in [-0.39, 0.29) is 12.4 Å². The van der Waals surface area contributed by atoms with Gasteiger partial charge in [-0.15, -0.1) is 23.7 Å². The van der Waals surface area contributed by atoms with Crippen LogP contribution in [0.5, 0.6) is 0 Å². The van der Waals surface area contributed by atoms with E-state index in [1.807, 2.05) is 6.20 Å². The van der Waals surface area contributed by atoms with Crippen molar-refractivity contribution in [1.29, 1.82) is 0 Å². The molecule has 1 fully saturated rings. The molecule has 2 heterocycles. The zero-order valence-corrected chi connectivity index (χ0v) is 11.7. The Hall–Kier alpha value is 0.130. The second-order valence-electron chi connectivity index (χ2n) is 3.99. The maximum Gasteiger partial charge on any atom is 0.183 e. The first kappa shape index (κ1) is 14.2. The van der Waals surface area contributed by atoms with Crippen LogP contribution in [0.3, 0.4) is 0 Å². The molecular weight excluding hydrogens is 265 g/mol. The molecule has 1 aliphatic rings. The van der Waals surface area contributed by atoms with Gasteiger partial charge in [-0.05, 0) is 26.4 Å². The molecule has 1 aliphatic heterocycles. The molecule has 0 aromatic carbocycles. The smallest absolute Gasteiger partial charge is 0.183 e. The number of thiazole rings is 1. The lowest BCUT2D eigenvalue weighted by atomic mass is 10.1. The molecule has 1 saturated heterocycles. The molecule has 92 valence electrons. The van der Waals surface area contributed by atoms with Crippen molar-refractivity contribution in [3.63, 3.8) is 0 Å². The summed E-state index contributed by atoms with van der Waals surface area (Å²) >= 11 is 7.38. The quantitative estimate of drug-likeness (QED) is 0.922. The first-order valence-corrected chi connectivity index (χ1v) is 6.46. The van der Waals surface area contributed by atoms with Gasteiger partial charge in [-0.3, -0.25) is 4.90 Å². The van der Waals surface area contributed by atoms with Gasteiger partial charge in [-0.25, -0.2) is 4.98 Å². The standard InChI is InChI=1S/C10H16ClN3S.ClH/c1-14(8-3-2-4-12-5-8)7-9-6-13-10(11)15-9;/h6,8,12H,2-5,7H2,1H3;1H. The number of hydrogen-bond acceptors (Lipinski definition) is 4. The number of nitrogens with zero attached hydrogens (tertiary/aromatic N) is 2. The number of likely N-dealkylation sites (N-methyl/N-ethyl adjacent to an activating group) is 1. The lowest BCUT2D eigenvalue weighted by Crippen LogP contribution is -2.43. The molecule has 1 aromatic rings. The number of piperidine rings is 1. The van der Waals surface area contributed by atoms with Crippen LogP contribution in [0.25, 0.3) is 0 Å². The molecule has 1 atom stereocenters. The highest BCUT2D eigenvalue weighted by atomic mass is 35.5. The Kier molecular flexibility index (Phi) is 6.00. The van der Waals surface area contributed by atoms with Gasteiger partial charge in [0.1, 0.15) is 0 Å². The fraction of sp³-hybridized carbons (Fsp3) is 0.700. The van der Waals surface area contributed by atoms with Crippen molar-refractivity contribution in [2.75, 3.05) is 20.1 Å². The van der Waals surface area contributed by atoms with Crippen molar-refractivity contribution in [2.24, 2.45) is 0 Å². The normalized spacial score (nSPS) is 20.8.